The summed E-state index contributed by atoms with van der Waals surface area (Å²) in [6.07, 6.45) is 4.73. The van der Waals surface area contributed by atoms with Gasteiger partial charge in [-0.25, -0.2) is 4.79 Å². The van der Waals surface area contributed by atoms with Crippen LogP contribution in [0.3, 0.4) is 0 Å². The van der Waals surface area contributed by atoms with E-state index in [1.165, 1.54) is 30.0 Å². The van der Waals surface area contributed by atoms with Gasteiger partial charge in [0.2, 0.25) is 5.91 Å². The Balaban J connectivity index is 1.37. The Morgan fingerprint density at radius 1 is 0.800 bits per heavy atom. The van der Waals surface area contributed by atoms with Crippen molar-refractivity contribution in [3.8, 4) is 0 Å². The number of benzene rings is 3. The molecule has 0 bridgehead atoms. The molecule has 40 heavy (non-hydrogen) atoms. The predicted molar refractivity (Wildman–Crippen MR) is 154 cm³/mol. The first-order valence-corrected chi connectivity index (χ1v) is 13.0. The maximum Gasteiger partial charge on any atom is 0.335 e. The van der Waals surface area contributed by atoms with E-state index in [0.29, 0.717) is 22.5 Å². The maximum atomic E-state index is 13.1. The molecule has 0 saturated carbocycles. The largest absolute Gasteiger partial charge is 0.478 e. The Bertz CT molecular complexity index is 1540. The number of carbonyl (C=O) groups excluding carboxylic acids is 3. The first-order chi connectivity index (χ1) is 19.4. The smallest absolute Gasteiger partial charge is 0.335 e. The summed E-state index contributed by atoms with van der Waals surface area (Å²) in [5.74, 6) is -2.20. The molecule has 1 heterocycles. The summed E-state index contributed by atoms with van der Waals surface area (Å²) in [6.45, 7) is 0. The van der Waals surface area contributed by atoms with Crippen LogP contribution in [0.2, 0.25) is 0 Å². The van der Waals surface area contributed by atoms with E-state index in [0.717, 1.165) is 4.90 Å². The molecule has 1 aromatic heterocycles. The number of carboxylic acids is 1. The minimum atomic E-state index is -1.07. The fraction of sp³-hybridized carbons (Fsp3) is 0.0333. The molecule has 0 spiro atoms. The molecule has 4 N–H and O–H groups in total. The van der Waals surface area contributed by atoms with E-state index >= 15 is 0 Å². The van der Waals surface area contributed by atoms with E-state index in [1.54, 1.807) is 91.3 Å². The molecule has 10 heteroatoms. The molecule has 0 unspecified atom stereocenters. The van der Waals surface area contributed by atoms with Crippen molar-refractivity contribution >= 4 is 52.9 Å². The SMILES string of the molecule is O=C(CSc1ccc(NC(=O)/C(=C/c2cccnc2)NC(=O)c2ccccc2)cc1)Nc1cccc(C(=O)O)c1. The van der Waals surface area contributed by atoms with Gasteiger partial charge in [0.15, 0.2) is 0 Å². The van der Waals surface area contributed by atoms with Gasteiger partial charge in [-0.15, -0.1) is 11.8 Å². The zero-order chi connectivity index (χ0) is 28.3. The van der Waals surface area contributed by atoms with Gasteiger partial charge < -0.3 is 21.1 Å². The van der Waals surface area contributed by atoms with Crippen molar-refractivity contribution in [2.75, 3.05) is 16.4 Å². The quantitative estimate of drug-likeness (QED) is 0.162. The number of amides is 3. The summed E-state index contributed by atoms with van der Waals surface area (Å²) < 4.78 is 0. The van der Waals surface area contributed by atoms with Crippen LogP contribution in [-0.4, -0.2) is 39.5 Å². The van der Waals surface area contributed by atoms with Gasteiger partial charge in [-0.2, -0.15) is 0 Å². The molecule has 200 valence electrons. The van der Waals surface area contributed by atoms with Crippen molar-refractivity contribution in [1.82, 2.24) is 10.3 Å². The Morgan fingerprint density at radius 3 is 2.25 bits per heavy atom. The molecule has 0 aliphatic heterocycles. The molecular formula is C30H24N4O5S. The van der Waals surface area contributed by atoms with Gasteiger partial charge in [0, 0.05) is 34.2 Å². The van der Waals surface area contributed by atoms with E-state index in [-0.39, 0.29) is 22.9 Å². The van der Waals surface area contributed by atoms with Crippen LogP contribution in [0.4, 0.5) is 11.4 Å². The monoisotopic (exact) mass is 552 g/mol. The van der Waals surface area contributed by atoms with Gasteiger partial charge in [0.05, 0.1) is 11.3 Å². The molecule has 0 aliphatic carbocycles. The third kappa shape index (κ3) is 8.14. The van der Waals surface area contributed by atoms with Crippen LogP contribution >= 0.6 is 11.8 Å². The summed E-state index contributed by atoms with van der Waals surface area (Å²) in [7, 11) is 0. The van der Waals surface area contributed by atoms with Crippen LogP contribution in [0.15, 0.2) is 114 Å². The number of hydrogen-bond donors (Lipinski definition) is 4. The summed E-state index contributed by atoms with van der Waals surface area (Å²) in [6, 6.07) is 25.0. The Hall–Kier alpha value is -5.22. The van der Waals surface area contributed by atoms with Crippen LogP contribution in [-0.2, 0) is 9.59 Å². The number of rotatable bonds is 10. The lowest BCUT2D eigenvalue weighted by Crippen LogP contribution is -2.30. The number of thioether (sulfide) groups is 1. The van der Waals surface area contributed by atoms with E-state index in [1.807, 2.05) is 0 Å². The second-order valence-electron chi connectivity index (χ2n) is 8.37. The van der Waals surface area contributed by atoms with E-state index < -0.39 is 17.8 Å². The summed E-state index contributed by atoms with van der Waals surface area (Å²) in [5.41, 5.74) is 2.08. The molecule has 0 radical (unpaired) electrons. The molecule has 3 aromatic carbocycles. The molecule has 3 amide bonds. The van der Waals surface area contributed by atoms with Crippen molar-refractivity contribution in [2.45, 2.75) is 4.90 Å². The van der Waals surface area contributed by atoms with Crippen molar-refractivity contribution in [3.05, 3.63) is 126 Å². The minimum absolute atomic E-state index is 0.0453. The third-order valence-electron chi connectivity index (χ3n) is 5.40. The molecule has 0 atom stereocenters. The van der Waals surface area contributed by atoms with Gasteiger partial charge in [0.25, 0.3) is 11.8 Å². The number of hydrogen-bond acceptors (Lipinski definition) is 6. The number of aromatic nitrogens is 1. The van der Waals surface area contributed by atoms with E-state index in [2.05, 4.69) is 20.9 Å². The van der Waals surface area contributed by atoms with Crippen molar-refractivity contribution < 1.29 is 24.3 Å². The Labute approximate surface area is 234 Å². The molecular weight excluding hydrogens is 528 g/mol. The van der Waals surface area contributed by atoms with Gasteiger partial charge >= 0.3 is 5.97 Å². The molecule has 4 aromatic rings. The molecule has 4 rings (SSSR count). The normalized spacial score (nSPS) is 10.8. The highest BCUT2D eigenvalue weighted by atomic mass is 32.2. The molecule has 0 saturated heterocycles. The molecule has 0 fully saturated rings. The number of carbonyl (C=O) groups is 4. The zero-order valence-corrected chi connectivity index (χ0v) is 21.9. The fourth-order valence-corrected chi connectivity index (χ4v) is 4.18. The summed E-state index contributed by atoms with van der Waals surface area (Å²) in [4.78, 5) is 54.1. The fourth-order valence-electron chi connectivity index (χ4n) is 3.48. The van der Waals surface area contributed by atoms with Crippen LogP contribution < -0.4 is 16.0 Å². The number of aromatic carboxylic acids is 1. The third-order valence-corrected chi connectivity index (χ3v) is 6.41. The van der Waals surface area contributed by atoms with Crippen LogP contribution in [0.1, 0.15) is 26.3 Å². The number of nitrogens with zero attached hydrogens (tertiary/aromatic N) is 1. The number of pyridine rings is 1. The van der Waals surface area contributed by atoms with Crippen LogP contribution in [0.25, 0.3) is 6.08 Å². The summed E-state index contributed by atoms with van der Waals surface area (Å²) >= 11 is 1.28. The lowest BCUT2D eigenvalue weighted by Gasteiger charge is -2.12. The second-order valence-corrected chi connectivity index (χ2v) is 9.41. The van der Waals surface area contributed by atoms with Gasteiger partial charge in [-0.3, -0.25) is 19.4 Å². The van der Waals surface area contributed by atoms with Crippen molar-refractivity contribution in [1.29, 1.82) is 0 Å². The second kappa shape index (κ2) is 13.5. The van der Waals surface area contributed by atoms with Gasteiger partial charge in [0.1, 0.15) is 5.70 Å². The van der Waals surface area contributed by atoms with Crippen molar-refractivity contribution in [2.24, 2.45) is 0 Å². The highest BCUT2D eigenvalue weighted by Gasteiger charge is 2.15. The average molecular weight is 553 g/mol. The number of nitrogens with one attached hydrogen (secondary N) is 3. The standard InChI is InChI=1S/C30H24N4O5S/c35-27(32-24-10-4-9-22(17-24)30(38)39)19-40-25-13-11-23(12-14-25)33-29(37)26(16-20-6-5-15-31-18-20)34-28(36)21-7-2-1-3-8-21/h1-18H,19H2,(H,32,35)(H,33,37)(H,34,36)(H,38,39)/b26-16-. The Morgan fingerprint density at radius 2 is 1.55 bits per heavy atom. The lowest BCUT2D eigenvalue weighted by molar-refractivity contribution is -0.114. The minimum Gasteiger partial charge on any atom is -0.478 e. The highest BCUT2D eigenvalue weighted by molar-refractivity contribution is 8.00. The first-order valence-electron chi connectivity index (χ1n) is 12.0. The van der Waals surface area contributed by atoms with E-state index in [4.69, 9.17) is 5.11 Å². The van der Waals surface area contributed by atoms with Crippen LogP contribution in [0, 0.1) is 0 Å². The number of anilines is 2. The highest BCUT2D eigenvalue weighted by Crippen LogP contribution is 2.21. The maximum absolute atomic E-state index is 13.1. The predicted octanol–water partition coefficient (Wildman–Crippen LogP) is 4.92. The van der Waals surface area contributed by atoms with Gasteiger partial charge in [-0.1, -0.05) is 30.3 Å². The van der Waals surface area contributed by atoms with Crippen LogP contribution in [0.5, 0.6) is 0 Å². The topological polar surface area (TPSA) is 137 Å². The lowest BCUT2D eigenvalue weighted by atomic mass is 10.2. The Kier molecular flexibility index (Phi) is 9.41. The van der Waals surface area contributed by atoms with E-state index in [9.17, 15) is 19.2 Å². The first kappa shape index (κ1) is 27.8. The number of carboxylic acid groups (broad SMARTS) is 1. The average Bonchev–Trinajstić information content (AvgIpc) is 2.97. The van der Waals surface area contributed by atoms with Crippen molar-refractivity contribution in [3.63, 3.8) is 0 Å². The van der Waals surface area contributed by atoms with Gasteiger partial charge in [-0.05, 0) is 72.3 Å². The summed E-state index contributed by atoms with van der Waals surface area (Å²) in [5, 5.41) is 17.2. The zero-order valence-electron chi connectivity index (χ0n) is 21.0. The molecule has 9 nitrogen and oxygen atoms in total. The molecule has 0 aliphatic rings.